The van der Waals surface area contributed by atoms with E-state index in [0.717, 1.165) is 18.0 Å². The van der Waals surface area contributed by atoms with Crippen LogP contribution in [0.15, 0.2) is 18.2 Å². The van der Waals surface area contributed by atoms with Gasteiger partial charge < -0.3 is 14.8 Å². The normalized spacial score (nSPS) is 18.1. The van der Waals surface area contributed by atoms with E-state index < -0.39 is 0 Å². The molecule has 1 aliphatic rings. The van der Waals surface area contributed by atoms with Gasteiger partial charge in [-0.05, 0) is 37.5 Å². The monoisotopic (exact) mass is 263 g/mol. The van der Waals surface area contributed by atoms with Crippen LogP contribution in [0.5, 0.6) is 11.5 Å². The highest BCUT2D eigenvalue weighted by atomic mass is 16.5. The van der Waals surface area contributed by atoms with Gasteiger partial charge in [0.05, 0.1) is 14.2 Å². The highest BCUT2D eigenvalue weighted by molar-refractivity contribution is 5.42. The van der Waals surface area contributed by atoms with E-state index in [-0.39, 0.29) is 0 Å². The molecule has 0 heterocycles. The van der Waals surface area contributed by atoms with Crippen LogP contribution in [-0.2, 0) is 6.54 Å². The third-order valence-electron chi connectivity index (χ3n) is 4.12. The lowest BCUT2D eigenvalue weighted by Crippen LogP contribution is -2.43. The third-order valence-corrected chi connectivity index (χ3v) is 4.12. The van der Waals surface area contributed by atoms with Gasteiger partial charge in [0.15, 0.2) is 11.5 Å². The number of ether oxygens (including phenoxy) is 2. The second-order valence-corrected chi connectivity index (χ2v) is 5.66. The molecule has 19 heavy (non-hydrogen) atoms. The lowest BCUT2D eigenvalue weighted by Gasteiger charge is -2.35. The molecular weight excluding hydrogens is 238 g/mol. The van der Waals surface area contributed by atoms with Crippen molar-refractivity contribution >= 4 is 0 Å². The smallest absolute Gasteiger partial charge is 0.161 e. The van der Waals surface area contributed by atoms with Gasteiger partial charge in [-0.15, -0.1) is 0 Å². The average Bonchev–Trinajstić information content (AvgIpc) is 2.45. The van der Waals surface area contributed by atoms with Crippen LogP contribution < -0.4 is 14.8 Å². The first-order valence-corrected chi connectivity index (χ1v) is 7.13. The minimum atomic E-state index is 0.297. The van der Waals surface area contributed by atoms with Crippen LogP contribution in [0.2, 0.25) is 0 Å². The molecule has 0 saturated heterocycles. The maximum Gasteiger partial charge on any atom is 0.161 e. The molecule has 0 atom stereocenters. The van der Waals surface area contributed by atoms with E-state index in [0.29, 0.717) is 5.54 Å². The van der Waals surface area contributed by atoms with E-state index in [2.05, 4.69) is 24.4 Å². The Morgan fingerprint density at radius 2 is 1.74 bits per heavy atom. The van der Waals surface area contributed by atoms with Crippen LogP contribution in [-0.4, -0.2) is 19.8 Å². The third kappa shape index (κ3) is 3.63. The zero-order valence-corrected chi connectivity index (χ0v) is 12.3. The summed E-state index contributed by atoms with van der Waals surface area (Å²) >= 11 is 0. The van der Waals surface area contributed by atoms with Gasteiger partial charge in [-0.2, -0.15) is 0 Å². The van der Waals surface area contributed by atoms with Crippen LogP contribution in [0.3, 0.4) is 0 Å². The van der Waals surface area contributed by atoms with Crippen LogP contribution >= 0.6 is 0 Å². The molecule has 0 bridgehead atoms. The summed E-state index contributed by atoms with van der Waals surface area (Å²) in [5.41, 5.74) is 1.54. The van der Waals surface area contributed by atoms with Crippen molar-refractivity contribution in [1.82, 2.24) is 5.32 Å². The summed E-state index contributed by atoms with van der Waals surface area (Å²) in [7, 11) is 3.34. The summed E-state index contributed by atoms with van der Waals surface area (Å²) in [5, 5.41) is 3.71. The van der Waals surface area contributed by atoms with Crippen LogP contribution in [0.25, 0.3) is 0 Å². The molecule has 1 aliphatic carbocycles. The Kier molecular flexibility index (Phi) is 4.70. The molecule has 0 aliphatic heterocycles. The van der Waals surface area contributed by atoms with Crippen molar-refractivity contribution in [3.63, 3.8) is 0 Å². The zero-order chi connectivity index (χ0) is 13.7. The number of rotatable bonds is 5. The molecule has 0 spiro atoms. The summed E-state index contributed by atoms with van der Waals surface area (Å²) in [4.78, 5) is 0. The summed E-state index contributed by atoms with van der Waals surface area (Å²) in [6.07, 6.45) is 6.62. The highest BCUT2D eigenvalue weighted by Crippen LogP contribution is 2.30. The van der Waals surface area contributed by atoms with E-state index in [9.17, 15) is 0 Å². The Morgan fingerprint density at radius 3 is 2.37 bits per heavy atom. The predicted octanol–water partition coefficient (Wildman–Crippen LogP) is 3.52. The molecule has 0 amide bonds. The van der Waals surface area contributed by atoms with Crippen molar-refractivity contribution in [1.29, 1.82) is 0 Å². The summed E-state index contributed by atoms with van der Waals surface area (Å²) in [6, 6.07) is 6.12. The van der Waals surface area contributed by atoms with Gasteiger partial charge >= 0.3 is 0 Å². The van der Waals surface area contributed by atoms with Crippen molar-refractivity contribution in [2.24, 2.45) is 0 Å². The van der Waals surface area contributed by atoms with Crippen LogP contribution in [0, 0.1) is 0 Å². The SMILES string of the molecule is COc1ccc(CNC2(C)CCCCC2)cc1OC. The molecule has 1 N–H and O–H groups in total. The molecular formula is C16H25NO2. The second kappa shape index (κ2) is 6.29. The van der Waals surface area contributed by atoms with Gasteiger partial charge in [-0.3, -0.25) is 0 Å². The Bertz CT molecular complexity index is 411. The Morgan fingerprint density at radius 1 is 1.05 bits per heavy atom. The van der Waals surface area contributed by atoms with Gasteiger partial charge in [0, 0.05) is 12.1 Å². The van der Waals surface area contributed by atoms with Crippen LogP contribution in [0.4, 0.5) is 0 Å². The molecule has 3 heteroatoms. The lowest BCUT2D eigenvalue weighted by atomic mass is 9.83. The summed E-state index contributed by atoms with van der Waals surface area (Å²) in [5.74, 6) is 1.59. The standard InChI is InChI=1S/C16H25NO2/c1-16(9-5-4-6-10-16)17-12-13-7-8-14(18-2)15(11-13)19-3/h7-8,11,17H,4-6,9-10,12H2,1-3H3. The molecule has 1 fully saturated rings. The first kappa shape index (κ1) is 14.2. The van der Waals surface area contributed by atoms with Crippen LogP contribution in [0.1, 0.15) is 44.6 Å². The first-order valence-electron chi connectivity index (χ1n) is 7.13. The summed E-state index contributed by atoms with van der Waals surface area (Å²) in [6.45, 7) is 3.23. The Hall–Kier alpha value is -1.22. The lowest BCUT2D eigenvalue weighted by molar-refractivity contribution is 0.252. The van der Waals surface area contributed by atoms with Gasteiger partial charge in [0.1, 0.15) is 0 Å². The van der Waals surface area contributed by atoms with E-state index >= 15 is 0 Å². The average molecular weight is 263 g/mol. The number of methoxy groups -OCH3 is 2. The van der Waals surface area contributed by atoms with Gasteiger partial charge in [0.2, 0.25) is 0 Å². The van der Waals surface area contributed by atoms with E-state index in [1.165, 1.54) is 37.7 Å². The zero-order valence-electron chi connectivity index (χ0n) is 12.3. The molecule has 106 valence electrons. The van der Waals surface area contributed by atoms with E-state index in [1.807, 2.05) is 6.07 Å². The maximum atomic E-state index is 5.34. The molecule has 1 aromatic rings. The maximum absolute atomic E-state index is 5.34. The fourth-order valence-electron chi connectivity index (χ4n) is 2.81. The molecule has 0 aromatic heterocycles. The van der Waals surface area contributed by atoms with Crippen molar-refractivity contribution in [2.45, 2.75) is 51.1 Å². The molecule has 3 nitrogen and oxygen atoms in total. The minimum absolute atomic E-state index is 0.297. The quantitative estimate of drug-likeness (QED) is 0.881. The van der Waals surface area contributed by atoms with Crippen molar-refractivity contribution in [3.05, 3.63) is 23.8 Å². The summed E-state index contributed by atoms with van der Waals surface area (Å²) < 4.78 is 10.6. The molecule has 1 aromatic carbocycles. The molecule has 0 radical (unpaired) electrons. The van der Waals surface area contributed by atoms with E-state index in [4.69, 9.17) is 9.47 Å². The van der Waals surface area contributed by atoms with Gasteiger partial charge in [-0.1, -0.05) is 25.3 Å². The topological polar surface area (TPSA) is 30.5 Å². The molecule has 0 unspecified atom stereocenters. The number of nitrogens with one attached hydrogen (secondary N) is 1. The van der Waals surface area contributed by atoms with Gasteiger partial charge in [-0.25, -0.2) is 0 Å². The van der Waals surface area contributed by atoms with Crippen molar-refractivity contribution in [3.8, 4) is 11.5 Å². The second-order valence-electron chi connectivity index (χ2n) is 5.66. The Labute approximate surface area is 116 Å². The first-order chi connectivity index (χ1) is 9.17. The number of hydrogen-bond donors (Lipinski definition) is 1. The fourth-order valence-corrected chi connectivity index (χ4v) is 2.81. The largest absolute Gasteiger partial charge is 0.493 e. The predicted molar refractivity (Wildman–Crippen MR) is 77.9 cm³/mol. The van der Waals surface area contributed by atoms with Crippen molar-refractivity contribution in [2.75, 3.05) is 14.2 Å². The molecule has 2 rings (SSSR count). The highest BCUT2D eigenvalue weighted by Gasteiger charge is 2.25. The molecule has 1 saturated carbocycles. The minimum Gasteiger partial charge on any atom is -0.493 e. The van der Waals surface area contributed by atoms with E-state index in [1.54, 1.807) is 14.2 Å². The van der Waals surface area contributed by atoms with Crippen molar-refractivity contribution < 1.29 is 9.47 Å². The number of hydrogen-bond acceptors (Lipinski definition) is 3. The number of benzene rings is 1. The van der Waals surface area contributed by atoms with Gasteiger partial charge in [0.25, 0.3) is 0 Å². The fraction of sp³-hybridized carbons (Fsp3) is 0.625. The Balaban J connectivity index is 1.99.